The van der Waals surface area contributed by atoms with Crippen molar-refractivity contribution in [2.75, 3.05) is 18.6 Å². The second-order valence-electron chi connectivity index (χ2n) is 7.59. The van der Waals surface area contributed by atoms with E-state index >= 15 is 0 Å². The molecule has 1 aromatic heterocycles. The summed E-state index contributed by atoms with van der Waals surface area (Å²) in [4.78, 5) is 19.2. The third kappa shape index (κ3) is 4.29. The van der Waals surface area contributed by atoms with Crippen LogP contribution < -0.4 is 9.64 Å². The predicted molar refractivity (Wildman–Crippen MR) is 122 cm³/mol. The maximum Gasteiger partial charge on any atom is 0.253 e. The summed E-state index contributed by atoms with van der Waals surface area (Å²) in [6.07, 6.45) is 2.13. The lowest BCUT2D eigenvalue weighted by Gasteiger charge is -2.25. The molecule has 160 valence electrons. The zero-order chi connectivity index (χ0) is 22.0. The molecular formula is C25H25ClN2O3. The molecule has 0 saturated heterocycles. The fourth-order valence-electron chi connectivity index (χ4n) is 3.97. The predicted octanol–water partition coefficient (Wildman–Crippen LogP) is 5.27. The van der Waals surface area contributed by atoms with E-state index in [9.17, 15) is 4.79 Å². The molecule has 0 N–H and O–H groups in total. The van der Waals surface area contributed by atoms with Crippen molar-refractivity contribution in [3.05, 3.63) is 87.6 Å². The summed E-state index contributed by atoms with van der Waals surface area (Å²) in [7, 11) is 1.57. The van der Waals surface area contributed by atoms with E-state index in [0.717, 1.165) is 28.8 Å². The zero-order valence-electron chi connectivity index (χ0n) is 17.9. The van der Waals surface area contributed by atoms with Crippen LogP contribution in [0.4, 0.5) is 5.69 Å². The minimum atomic E-state index is -0.519. The summed E-state index contributed by atoms with van der Waals surface area (Å²) in [5.41, 5.74) is 5.89. The van der Waals surface area contributed by atoms with E-state index in [-0.39, 0.29) is 12.5 Å². The van der Waals surface area contributed by atoms with Crippen LogP contribution in [0.15, 0.2) is 54.7 Å². The Morgan fingerprint density at radius 3 is 2.77 bits per heavy atom. The summed E-state index contributed by atoms with van der Waals surface area (Å²) >= 11 is 6.35. The van der Waals surface area contributed by atoms with Crippen molar-refractivity contribution in [3.63, 3.8) is 0 Å². The summed E-state index contributed by atoms with van der Waals surface area (Å²) in [6, 6.07) is 15.7. The van der Waals surface area contributed by atoms with Crippen molar-refractivity contribution in [3.8, 4) is 5.88 Å². The molecule has 0 bridgehead atoms. The van der Waals surface area contributed by atoms with E-state index in [4.69, 9.17) is 21.1 Å². The number of anilines is 1. The maximum atomic E-state index is 13.2. The summed E-state index contributed by atoms with van der Waals surface area (Å²) < 4.78 is 11.5. The Morgan fingerprint density at radius 2 is 2.03 bits per heavy atom. The SMILES string of the molecule is CCc1ccc(CN2C(=O)COC(c3cccnc3OC)c3cc(Cl)ccc32)c(C)c1. The van der Waals surface area contributed by atoms with Gasteiger partial charge in [0.15, 0.2) is 0 Å². The molecule has 1 atom stereocenters. The molecule has 0 spiro atoms. The summed E-state index contributed by atoms with van der Waals surface area (Å²) in [6.45, 7) is 4.63. The second kappa shape index (κ2) is 9.08. The standard InChI is InChI=1S/C25H25ClN2O3/c1-4-17-7-8-18(16(2)12-17)14-28-22-10-9-19(26)13-21(22)24(31-15-23(28)29)20-6-5-11-27-25(20)30-3/h5-13,24H,4,14-15H2,1-3H3. The van der Waals surface area contributed by atoms with Crippen molar-refractivity contribution < 1.29 is 14.3 Å². The Balaban J connectivity index is 1.79. The van der Waals surface area contributed by atoms with E-state index in [2.05, 4.69) is 37.0 Å². The lowest BCUT2D eigenvalue weighted by Crippen LogP contribution is -2.32. The lowest BCUT2D eigenvalue weighted by atomic mass is 9.99. The van der Waals surface area contributed by atoms with E-state index < -0.39 is 6.10 Å². The number of halogens is 1. The molecule has 0 aliphatic carbocycles. The molecule has 1 aliphatic heterocycles. The number of nitrogens with zero attached hydrogens (tertiary/aromatic N) is 2. The number of methoxy groups -OCH3 is 1. The van der Waals surface area contributed by atoms with Crippen molar-refractivity contribution in [2.24, 2.45) is 0 Å². The van der Waals surface area contributed by atoms with Crippen LogP contribution in [0.1, 0.15) is 40.8 Å². The molecule has 5 nitrogen and oxygen atoms in total. The first-order valence-corrected chi connectivity index (χ1v) is 10.7. The van der Waals surface area contributed by atoms with Gasteiger partial charge >= 0.3 is 0 Å². The number of pyridine rings is 1. The highest BCUT2D eigenvalue weighted by Crippen LogP contribution is 2.40. The number of benzene rings is 2. The smallest absolute Gasteiger partial charge is 0.253 e. The van der Waals surface area contributed by atoms with Crippen LogP contribution in [0, 0.1) is 6.92 Å². The van der Waals surface area contributed by atoms with Gasteiger partial charge in [-0.25, -0.2) is 4.98 Å². The van der Waals surface area contributed by atoms with Crippen LogP contribution in [0.3, 0.4) is 0 Å². The molecular weight excluding hydrogens is 412 g/mol. The Bertz CT molecular complexity index is 1120. The second-order valence-corrected chi connectivity index (χ2v) is 8.03. The van der Waals surface area contributed by atoms with Crippen molar-refractivity contribution in [1.82, 2.24) is 4.98 Å². The topological polar surface area (TPSA) is 51.7 Å². The Hall–Kier alpha value is -2.89. The fraction of sp³-hybridized carbons (Fsp3) is 0.280. The van der Waals surface area contributed by atoms with Gasteiger partial charge in [0.05, 0.1) is 19.3 Å². The molecule has 0 saturated carbocycles. The molecule has 6 heteroatoms. The number of carbonyl (C=O) groups excluding carboxylic acids is 1. The Morgan fingerprint density at radius 1 is 1.19 bits per heavy atom. The van der Waals surface area contributed by atoms with Gasteiger partial charge in [-0.1, -0.05) is 36.7 Å². The van der Waals surface area contributed by atoms with Gasteiger partial charge in [0.25, 0.3) is 5.91 Å². The molecule has 0 fully saturated rings. The number of ether oxygens (including phenoxy) is 2. The normalized spacial score (nSPS) is 16.1. The largest absolute Gasteiger partial charge is 0.481 e. The number of carbonyl (C=O) groups is 1. The van der Waals surface area contributed by atoms with Crippen LogP contribution >= 0.6 is 11.6 Å². The van der Waals surface area contributed by atoms with Crippen molar-refractivity contribution in [2.45, 2.75) is 32.9 Å². The van der Waals surface area contributed by atoms with Gasteiger partial charge in [0.1, 0.15) is 12.7 Å². The fourth-order valence-corrected chi connectivity index (χ4v) is 4.15. The van der Waals surface area contributed by atoms with Gasteiger partial charge in [-0.3, -0.25) is 4.79 Å². The number of fused-ring (bicyclic) bond motifs is 1. The number of hydrogen-bond donors (Lipinski definition) is 0. The highest BCUT2D eigenvalue weighted by molar-refractivity contribution is 6.30. The number of rotatable bonds is 5. The van der Waals surface area contributed by atoms with Gasteiger partial charge in [-0.05, 0) is 60.4 Å². The van der Waals surface area contributed by atoms with Gasteiger partial charge in [-0.2, -0.15) is 0 Å². The quantitative estimate of drug-likeness (QED) is 0.547. The minimum absolute atomic E-state index is 0.0545. The zero-order valence-corrected chi connectivity index (χ0v) is 18.6. The first-order valence-electron chi connectivity index (χ1n) is 10.3. The van der Waals surface area contributed by atoms with E-state index in [0.29, 0.717) is 17.4 Å². The summed E-state index contributed by atoms with van der Waals surface area (Å²) in [5, 5.41) is 0.577. The highest BCUT2D eigenvalue weighted by Gasteiger charge is 2.32. The number of amides is 1. The van der Waals surface area contributed by atoms with E-state index in [1.165, 1.54) is 11.1 Å². The van der Waals surface area contributed by atoms with Crippen LogP contribution in [0.5, 0.6) is 5.88 Å². The number of hydrogen-bond acceptors (Lipinski definition) is 4. The van der Waals surface area contributed by atoms with E-state index in [1.54, 1.807) is 24.3 Å². The van der Waals surface area contributed by atoms with Crippen LogP contribution in [0.25, 0.3) is 0 Å². The molecule has 2 aromatic carbocycles. The number of aryl methyl sites for hydroxylation is 2. The van der Waals surface area contributed by atoms with Gasteiger partial charge in [0, 0.05) is 22.3 Å². The average molecular weight is 437 g/mol. The molecule has 4 rings (SSSR count). The van der Waals surface area contributed by atoms with Crippen molar-refractivity contribution >= 4 is 23.2 Å². The molecule has 2 heterocycles. The van der Waals surface area contributed by atoms with Crippen LogP contribution in [-0.2, 0) is 22.5 Å². The highest BCUT2D eigenvalue weighted by atomic mass is 35.5. The third-order valence-electron chi connectivity index (χ3n) is 5.66. The Labute approximate surface area is 187 Å². The summed E-state index contributed by atoms with van der Waals surface area (Å²) in [5.74, 6) is 0.359. The van der Waals surface area contributed by atoms with Crippen molar-refractivity contribution in [1.29, 1.82) is 0 Å². The molecule has 1 aliphatic rings. The van der Waals surface area contributed by atoms with Gasteiger partial charge in [0.2, 0.25) is 5.88 Å². The minimum Gasteiger partial charge on any atom is -0.481 e. The lowest BCUT2D eigenvalue weighted by molar-refractivity contribution is -0.124. The van der Waals surface area contributed by atoms with Gasteiger partial charge < -0.3 is 14.4 Å². The first kappa shape index (κ1) is 21.3. The monoisotopic (exact) mass is 436 g/mol. The maximum absolute atomic E-state index is 13.2. The van der Waals surface area contributed by atoms with Crippen LogP contribution in [-0.4, -0.2) is 24.6 Å². The molecule has 0 radical (unpaired) electrons. The third-order valence-corrected chi connectivity index (χ3v) is 5.89. The Kier molecular flexibility index (Phi) is 6.25. The first-order chi connectivity index (χ1) is 15.0. The number of aromatic nitrogens is 1. The van der Waals surface area contributed by atoms with Gasteiger partial charge in [-0.15, -0.1) is 0 Å². The molecule has 31 heavy (non-hydrogen) atoms. The molecule has 1 amide bonds. The van der Waals surface area contributed by atoms with E-state index in [1.807, 2.05) is 24.3 Å². The molecule has 1 unspecified atom stereocenters. The average Bonchev–Trinajstić information content (AvgIpc) is 2.91. The molecule has 3 aromatic rings. The van der Waals surface area contributed by atoms with Crippen LogP contribution in [0.2, 0.25) is 5.02 Å².